The molecule has 1 aromatic heterocycles. The molecule has 2 aliphatic carbocycles. The van der Waals surface area contributed by atoms with Crippen LogP contribution in [0, 0.1) is 11.2 Å². The topological polar surface area (TPSA) is 54.9 Å². The van der Waals surface area contributed by atoms with Gasteiger partial charge in [-0.15, -0.1) is 0 Å². The predicted octanol–water partition coefficient (Wildman–Crippen LogP) is 5.87. The van der Waals surface area contributed by atoms with Crippen molar-refractivity contribution in [2.24, 2.45) is 5.41 Å². The Balaban J connectivity index is 1.66. The summed E-state index contributed by atoms with van der Waals surface area (Å²) in [4.78, 5) is 23.3. The summed E-state index contributed by atoms with van der Waals surface area (Å²) in [6.45, 7) is 4.20. The maximum Gasteiger partial charge on any atom is 0.237 e. The fraction of sp³-hybridized carbons (Fsp3) is 0.318. The monoisotopic (exact) mass is 429 g/mol. The van der Waals surface area contributed by atoms with Gasteiger partial charge in [0.05, 0.1) is 37.9 Å². The fourth-order valence-corrected chi connectivity index (χ4v) is 5.47. The molecule has 148 valence electrons. The number of hydrogen-bond acceptors (Lipinski definition) is 3. The molecule has 0 saturated heterocycles. The highest BCUT2D eigenvalue weighted by molar-refractivity contribution is 6.42. The molecule has 2 aliphatic rings. The van der Waals surface area contributed by atoms with Gasteiger partial charge in [0.1, 0.15) is 5.82 Å². The van der Waals surface area contributed by atoms with E-state index in [0.717, 1.165) is 12.1 Å². The molecule has 2 aromatic carbocycles. The molecule has 2 unspecified atom stereocenters. The second-order valence-corrected chi connectivity index (χ2v) is 9.21. The number of benzene rings is 2. The van der Waals surface area contributed by atoms with Gasteiger partial charge in [0.2, 0.25) is 5.91 Å². The van der Waals surface area contributed by atoms with Crippen LogP contribution in [0.25, 0.3) is 11.0 Å². The van der Waals surface area contributed by atoms with E-state index in [0.29, 0.717) is 38.9 Å². The Morgan fingerprint density at radius 1 is 1.10 bits per heavy atom. The largest absolute Gasteiger partial charge is 0.325 e. The fourth-order valence-electron chi connectivity index (χ4n) is 5.15. The summed E-state index contributed by atoms with van der Waals surface area (Å²) < 4.78 is 13.3. The van der Waals surface area contributed by atoms with E-state index in [4.69, 9.17) is 33.2 Å². The number of fused-ring (bicyclic) bond motifs is 6. The molecule has 0 radical (unpaired) electrons. The minimum absolute atomic E-state index is 0.128. The smallest absolute Gasteiger partial charge is 0.237 e. The first-order valence-corrected chi connectivity index (χ1v) is 10.2. The first kappa shape index (κ1) is 18.8. The molecule has 5 rings (SSSR count). The third-order valence-corrected chi connectivity index (χ3v) is 7.46. The van der Waals surface area contributed by atoms with Crippen LogP contribution in [0.5, 0.6) is 0 Å². The molecule has 4 nitrogen and oxygen atoms in total. The van der Waals surface area contributed by atoms with Gasteiger partial charge < -0.3 is 5.32 Å². The maximum atomic E-state index is 13.6. The van der Waals surface area contributed by atoms with Crippen molar-refractivity contribution >= 4 is 45.8 Å². The molecule has 2 atom stereocenters. The van der Waals surface area contributed by atoms with E-state index in [1.165, 1.54) is 12.1 Å². The molecule has 7 heteroatoms. The van der Waals surface area contributed by atoms with Crippen LogP contribution in [0.4, 0.5) is 10.1 Å². The van der Waals surface area contributed by atoms with Crippen molar-refractivity contribution in [1.29, 1.82) is 0 Å². The highest BCUT2D eigenvalue weighted by Gasteiger charge is 2.67. The van der Waals surface area contributed by atoms with Crippen molar-refractivity contribution in [2.45, 2.75) is 38.0 Å². The lowest BCUT2D eigenvalue weighted by molar-refractivity contribution is -0.124. The predicted molar refractivity (Wildman–Crippen MR) is 112 cm³/mol. The van der Waals surface area contributed by atoms with Crippen LogP contribution >= 0.6 is 23.2 Å². The lowest BCUT2D eigenvalue weighted by Crippen LogP contribution is -2.46. The molecule has 1 saturated carbocycles. The van der Waals surface area contributed by atoms with Crippen molar-refractivity contribution in [3.8, 4) is 0 Å². The highest BCUT2D eigenvalue weighted by atomic mass is 35.5. The van der Waals surface area contributed by atoms with Gasteiger partial charge in [0.15, 0.2) is 0 Å². The van der Waals surface area contributed by atoms with Gasteiger partial charge in [0, 0.05) is 11.6 Å². The van der Waals surface area contributed by atoms with E-state index < -0.39 is 5.41 Å². The molecule has 1 fully saturated rings. The Morgan fingerprint density at radius 2 is 1.72 bits per heavy atom. The summed E-state index contributed by atoms with van der Waals surface area (Å²) in [5, 5.41) is 3.81. The summed E-state index contributed by atoms with van der Waals surface area (Å²) in [6, 6.07) is 9.20. The Labute approximate surface area is 177 Å². The lowest BCUT2D eigenvalue weighted by atomic mass is 9.67. The number of halogens is 3. The third-order valence-electron chi connectivity index (χ3n) is 6.74. The van der Waals surface area contributed by atoms with Crippen LogP contribution in [0.1, 0.15) is 44.0 Å². The Hall–Kier alpha value is -2.24. The number of nitrogens with one attached hydrogen (secondary N) is 1. The molecular formula is C22H18Cl2FN3O. The second kappa shape index (κ2) is 6.13. The number of amides is 1. The zero-order valence-corrected chi connectivity index (χ0v) is 17.4. The highest BCUT2D eigenvalue weighted by Crippen LogP contribution is 2.67. The zero-order valence-electron chi connectivity index (χ0n) is 15.9. The lowest BCUT2D eigenvalue weighted by Gasteiger charge is -2.36. The molecule has 0 aliphatic heterocycles. The number of hydrogen-bond donors (Lipinski definition) is 1. The van der Waals surface area contributed by atoms with E-state index in [-0.39, 0.29) is 23.1 Å². The SMILES string of the molecule is CC1(C)C2CCC1(C(=O)Nc1ccc(F)cc1)c1nc3cc(Cl)c(Cl)cc3nc12. The second-order valence-electron chi connectivity index (χ2n) is 8.39. The average Bonchev–Trinajstić information content (AvgIpc) is 3.05. The van der Waals surface area contributed by atoms with Gasteiger partial charge in [-0.2, -0.15) is 0 Å². The van der Waals surface area contributed by atoms with Crippen LogP contribution in [0.2, 0.25) is 10.0 Å². The van der Waals surface area contributed by atoms with Crippen LogP contribution in [-0.2, 0) is 10.2 Å². The molecule has 1 amide bonds. The molecular weight excluding hydrogens is 412 g/mol. The van der Waals surface area contributed by atoms with Gasteiger partial charge in [-0.1, -0.05) is 37.0 Å². The normalized spacial score (nSPS) is 24.0. The summed E-state index contributed by atoms with van der Waals surface area (Å²) in [5.74, 6) is -0.353. The van der Waals surface area contributed by atoms with Crippen molar-refractivity contribution in [1.82, 2.24) is 9.97 Å². The third kappa shape index (κ3) is 2.47. The van der Waals surface area contributed by atoms with E-state index in [2.05, 4.69) is 19.2 Å². The Kier molecular flexibility index (Phi) is 3.97. The Morgan fingerprint density at radius 3 is 2.38 bits per heavy atom. The zero-order chi connectivity index (χ0) is 20.6. The number of aromatic nitrogens is 2. The van der Waals surface area contributed by atoms with Gasteiger partial charge >= 0.3 is 0 Å². The molecule has 1 N–H and O–H groups in total. The maximum absolute atomic E-state index is 13.6. The molecule has 3 aromatic rings. The van der Waals surface area contributed by atoms with Crippen molar-refractivity contribution < 1.29 is 9.18 Å². The van der Waals surface area contributed by atoms with Crippen LogP contribution in [0.3, 0.4) is 0 Å². The van der Waals surface area contributed by atoms with Crippen molar-refractivity contribution in [3.05, 3.63) is 63.6 Å². The quantitative estimate of drug-likeness (QED) is 0.553. The van der Waals surface area contributed by atoms with Crippen LogP contribution in [0.15, 0.2) is 36.4 Å². The minimum atomic E-state index is -0.811. The number of nitrogens with zero attached hydrogens (tertiary/aromatic N) is 2. The van der Waals surface area contributed by atoms with Crippen LogP contribution in [-0.4, -0.2) is 15.9 Å². The van der Waals surface area contributed by atoms with E-state index in [1.54, 1.807) is 24.3 Å². The summed E-state index contributed by atoms with van der Waals surface area (Å²) in [7, 11) is 0. The van der Waals surface area contributed by atoms with E-state index >= 15 is 0 Å². The summed E-state index contributed by atoms with van der Waals surface area (Å²) in [6.07, 6.45) is 1.55. The van der Waals surface area contributed by atoms with Crippen LogP contribution < -0.4 is 5.32 Å². The Bertz CT molecular complexity index is 1180. The van der Waals surface area contributed by atoms with E-state index in [9.17, 15) is 9.18 Å². The number of rotatable bonds is 2. The van der Waals surface area contributed by atoms with Gasteiger partial charge in [-0.3, -0.25) is 4.79 Å². The minimum Gasteiger partial charge on any atom is -0.325 e. The molecule has 2 bridgehead atoms. The summed E-state index contributed by atoms with van der Waals surface area (Å²) >= 11 is 12.3. The average molecular weight is 430 g/mol. The standard InChI is InChI=1S/C22H18Cl2FN3O/c1-21(2)13-7-8-22(21,20(29)26-12-5-3-11(25)4-6-12)19-18(13)27-16-9-14(23)15(24)10-17(16)28-19/h3-6,9-10,13H,7-8H2,1-2H3,(H,26,29). The first-order valence-electron chi connectivity index (χ1n) is 9.48. The first-order chi connectivity index (χ1) is 13.7. The van der Waals surface area contributed by atoms with Gasteiger partial charge in [0.25, 0.3) is 0 Å². The molecule has 0 spiro atoms. The summed E-state index contributed by atoms with van der Waals surface area (Å²) in [5.41, 5.74) is 2.26. The van der Waals surface area contributed by atoms with Gasteiger partial charge in [-0.05, 0) is 54.7 Å². The van der Waals surface area contributed by atoms with E-state index in [1.807, 2.05) is 0 Å². The van der Waals surface area contributed by atoms with Crippen molar-refractivity contribution in [2.75, 3.05) is 5.32 Å². The number of anilines is 1. The van der Waals surface area contributed by atoms with Gasteiger partial charge in [-0.25, -0.2) is 14.4 Å². The van der Waals surface area contributed by atoms with Crippen molar-refractivity contribution in [3.63, 3.8) is 0 Å². The number of carbonyl (C=O) groups is 1. The number of carbonyl (C=O) groups excluding carboxylic acids is 1. The molecule has 29 heavy (non-hydrogen) atoms. The molecule has 1 heterocycles.